The van der Waals surface area contributed by atoms with Crippen molar-refractivity contribution < 1.29 is 0 Å². The lowest BCUT2D eigenvalue weighted by Gasteiger charge is -1.92. The molecular weight excluding hydrogens is 234 g/mol. The molecule has 0 unspecified atom stereocenters. The van der Waals surface area contributed by atoms with Crippen LogP contribution in [0.1, 0.15) is 0 Å². The van der Waals surface area contributed by atoms with Crippen LogP contribution in [0.5, 0.6) is 0 Å². The summed E-state index contributed by atoms with van der Waals surface area (Å²) in [5.74, 6) is 0.586. The number of hydrogen-bond acceptors (Lipinski definition) is 4. The van der Waals surface area contributed by atoms with E-state index < -0.39 is 0 Å². The molecule has 0 fully saturated rings. The fourth-order valence-corrected chi connectivity index (χ4v) is 1.09. The predicted molar refractivity (Wildman–Crippen MR) is 49.7 cm³/mol. The Hall–Kier alpha value is -1.30. The molecule has 66 valence electrons. The molecule has 13 heavy (non-hydrogen) atoms. The van der Waals surface area contributed by atoms with Crippen molar-refractivity contribution in [3.63, 3.8) is 0 Å². The summed E-state index contributed by atoms with van der Waals surface area (Å²) in [4.78, 5) is 12.2. The Kier molecular flexibility index (Phi) is 2.05. The Balaban J connectivity index is 2.41. The van der Waals surface area contributed by atoms with Crippen molar-refractivity contribution in [3.05, 3.63) is 23.3 Å². The topological polar surface area (TPSA) is 56.5 Å². The summed E-state index contributed by atoms with van der Waals surface area (Å²) in [6.07, 6.45) is 4.87. The molecule has 2 rings (SSSR count). The van der Waals surface area contributed by atoms with Crippen molar-refractivity contribution in [3.8, 4) is 11.5 Å². The number of nitrogens with zero attached hydrogens (tertiary/aromatic N) is 5. The highest BCUT2D eigenvalue weighted by atomic mass is 79.9. The molecule has 0 aliphatic rings. The third-order valence-electron chi connectivity index (χ3n) is 1.45. The average molecular weight is 240 g/mol. The first-order chi connectivity index (χ1) is 6.25. The zero-order valence-electron chi connectivity index (χ0n) is 6.85. The van der Waals surface area contributed by atoms with E-state index in [-0.39, 0.29) is 0 Å². The maximum atomic E-state index is 4.11. The molecule has 6 heteroatoms. The molecule has 5 nitrogen and oxygen atoms in total. The van der Waals surface area contributed by atoms with Crippen molar-refractivity contribution in [1.82, 2.24) is 24.7 Å². The first-order valence-corrected chi connectivity index (χ1v) is 4.38. The van der Waals surface area contributed by atoms with Gasteiger partial charge >= 0.3 is 0 Å². The molecule has 0 radical (unpaired) electrons. The Labute approximate surface area is 83.0 Å². The molecule has 0 spiro atoms. The van der Waals surface area contributed by atoms with E-state index in [1.807, 2.05) is 7.05 Å². The lowest BCUT2D eigenvalue weighted by atomic mass is 10.4. The van der Waals surface area contributed by atoms with E-state index in [9.17, 15) is 0 Å². The molecule has 0 amide bonds. The molecular formula is C7H6BrN5. The van der Waals surface area contributed by atoms with Gasteiger partial charge in [-0.2, -0.15) is 0 Å². The average Bonchev–Trinajstić information content (AvgIpc) is 2.53. The van der Waals surface area contributed by atoms with E-state index in [1.54, 1.807) is 23.4 Å². The minimum atomic E-state index is 0.586. The molecule has 2 heterocycles. The van der Waals surface area contributed by atoms with Gasteiger partial charge in [0.1, 0.15) is 16.6 Å². The summed E-state index contributed by atoms with van der Waals surface area (Å²) in [5, 5.41) is 4.10. The fraction of sp³-hybridized carbons (Fsp3) is 0.143. The van der Waals surface area contributed by atoms with Crippen LogP contribution < -0.4 is 0 Å². The van der Waals surface area contributed by atoms with Gasteiger partial charge in [0.15, 0.2) is 0 Å². The lowest BCUT2D eigenvalue weighted by molar-refractivity contribution is 0.767. The Morgan fingerprint density at radius 1 is 1.23 bits per heavy atom. The van der Waals surface area contributed by atoms with Crippen molar-refractivity contribution in [2.24, 2.45) is 7.05 Å². The highest BCUT2D eigenvalue weighted by molar-refractivity contribution is 9.10. The number of hydrogen-bond donors (Lipinski definition) is 0. The molecule has 0 saturated heterocycles. The summed E-state index contributed by atoms with van der Waals surface area (Å²) in [6, 6.07) is 0. The number of aryl methyl sites for hydroxylation is 1. The second-order valence-corrected chi connectivity index (χ2v) is 3.28. The Morgan fingerprint density at radius 2 is 2.08 bits per heavy atom. The van der Waals surface area contributed by atoms with Crippen LogP contribution >= 0.6 is 15.9 Å². The first-order valence-electron chi connectivity index (χ1n) is 3.59. The van der Waals surface area contributed by atoms with Crippen molar-refractivity contribution in [1.29, 1.82) is 0 Å². The van der Waals surface area contributed by atoms with E-state index in [4.69, 9.17) is 0 Å². The van der Waals surface area contributed by atoms with E-state index in [1.165, 1.54) is 0 Å². The normalized spacial score (nSPS) is 10.3. The first kappa shape index (κ1) is 8.31. The molecule has 2 aromatic heterocycles. The lowest BCUT2D eigenvalue weighted by Crippen LogP contribution is -1.90. The second-order valence-electron chi connectivity index (χ2n) is 2.47. The van der Waals surface area contributed by atoms with Gasteiger partial charge < -0.3 is 0 Å². The van der Waals surface area contributed by atoms with Gasteiger partial charge in [0.05, 0.1) is 12.4 Å². The molecule has 0 N–H and O–H groups in total. The number of aromatic nitrogens is 5. The molecule has 0 aliphatic heterocycles. The molecule has 0 bridgehead atoms. The quantitative estimate of drug-likeness (QED) is 0.747. The van der Waals surface area contributed by atoms with Gasteiger partial charge in [-0.05, 0) is 15.9 Å². The Morgan fingerprint density at radius 3 is 2.62 bits per heavy atom. The van der Waals surface area contributed by atoms with E-state index in [0.717, 1.165) is 0 Å². The van der Waals surface area contributed by atoms with Gasteiger partial charge in [0, 0.05) is 7.05 Å². The summed E-state index contributed by atoms with van der Waals surface area (Å²) >= 11 is 3.20. The zero-order valence-corrected chi connectivity index (χ0v) is 8.43. The maximum Gasteiger partial charge on any atom is 0.201 e. The highest BCUT2D eigenvalue weighted by Crippen LogP contribution is 2.10. The van der Waals surface area contributed by atoms with Crippen LogP contribution in [-0.4, -0.2) is 24.7 Å². The third kappa shape index (κ3) is 1.72. The van der Waals surface area contributed by atoms with Crippen molar-refractivity contribution in [2.45, 2.75) is 0 Å². The monoisotopic (exact) mass is 239 g/mol. The zero-order chi connectivity index (χ0) is 9.26. The van der Waals surface area contributed by atoms with Gasteiger partial charge in [0.25, 0.3) is 0 Å². The smallest absolute Gasteiger partial charge is 0.201 e. The van der Waals surface area contributed by atoms with Gasteiger partial charge in [-0.15, -0.1) is 5.10 Å². The van der Waals surface area contributed by atoms with E-state index in [0.29, 0.717) is 16.1 Å². The fourth-order valence-electron chi connectivity index (χ4n) is 0.884. The minimum absolute atomic E-state index is 0.586. The number of halogens is 1. The van der Waals surface area contributed by atoms with Crippen LogP contribution in [0, 0.1) is 0 Å². The van der Waals surface area contributed by atoms with Gasteiger partial charge in [0.2, 0.25) is 5.82 Å². The van der Waals surface area contributed by atoms with E-state index >= 15 is 0 Å². The number of rotatable bonds is 1. The predicted octanol–water partition coefficient (Wildman–Crippen LogP) is 1.03. The molecule has 0 atom stereocenters. The van der Waals surface area contributed by atoms with Crippen molar-refractivity contribution >= 4 is 15.9 Å². The second kappa shape index (κ2) is 3.21. The largest absolute Gasteiger partial charge is 0.255 e. The minimum Gasteiger partial charge on any atom is -0.255 e. The summed E-state index contributed by atoms with van der Waals surface area (Å²) in [5.41, 5.74) is 0.670. The third-order valence-corrected chi connectivity index (χ3v) is 1.86. The summed E-state index contributed by atoms with van der Waals surface area (Å²) in [6.45, 7) is 0. The molecule has 0 saturated carbocycles. The maximum absolute atomic E-state index is 4.11. The van der Waals surface area contributed by atoms with Crippen LogP contribution in [0.15, 0.2) is 23.3 Å². The molecule has 0 aromatic carbocycles. The Bertz CT molecular complexity index is 407. The van der Waals surface area contributed by atoms with Gasteiger partial charge in [-0.25, -0.2) is 15.0 Å². The van der Waals surface area contributed by atoms with Crippen LogP contribution in [0.4, 0.5) is 0 Å². The van der Waals surface area contributed by atoms with Crippen LogP contribution in [-0.2, 0) is 7.05 Å². The highest BCUT2D eigenvalue weighted by Gasteiger charge is 2.03. The van der Waals surface area contributed by atoms with Gasteiger partial charge in [-0.1, -0.05) is 0 Å². The molecule has 0 aliphatic carbocycles. The van der Waals surface area contributed by atoms with Crippen LogP contribution in [0.2, 0.25) is 0 Å². The standard InChI is InChI=1S/C7H6BrN5/c1-13-4-11-7(12-13)5-2-10-6(8)3-9-5/h2-4H,1H3. The molecule has 2 aromatic rings. The van der Waals surface area contributed by atoms with E-state index in [2.05, 4.69) is 36.0 Å². The summed E-state index contributed by atoms with van der Waals surface area (Å²) in [7, 11) is 1.81. The summed E-state index contributed by atoms with van der Waals surface area (Å²) < 4.78 is 2.33. The van der Waals surface area contributed by atoms with Crippen LogP contribution in [0.3, 0.4) is 0 Å². The van der Waals surface area contributed by atoms with Gasteiger partial charge in [-0.3, -0.25) is 4.68 Å². The van der Waals surface area contributed by atoms with Crippen LogP contribution in [0.25, 0.3) is 11.5 Å². The SMILES string of the molecule is Cn1cnc(-c2cnc(Br)cn2)n1. The van der Waals surface area contributed by atoms with Crippen molar-refractivity contribution in [2.75, 3.05) is 0 Å².